The summed E-state index contributed by atoms with van der Waals surface area (Å²) < 4.78 is 6.13. The molecular formula is C11H15BrNO2+. The number of methoxy groups -OCH3 is 1. The smallest absolute Gasteiger partial charge is 0.339 e. The predicted molar refractivity (Wildman–Crippen MR) is 65.0 cm³/mol. The van der Waals surface area contributed by atoms with Gasteiger partial charge in [0.25, 0.3) is 0 Å². The molecule has 0 saturated heterocycles. The lowest BCUT2D eigenvalue weighted by Gasteiger charge is -2.23. The van der Waals surface area contributed by atoms with Crippen molar-refractivity contribution in [1.82, 2.24) is 4.48 Å². The molecule has 0 radical (unpaired) electrons. The average Bonchev–Trinajstić information content (AvgIpc) is 2.15. The van der Waals surface area contributed by atoms with E-state index in [9.17, 15) is 4.79 Å². The van der Waals surface area contributed by atoms with Crippen molar-refractivity contribution in [3.8, 4) is 0 Å². The second kappa shape index (κ2) is 4.33. The van der Waals surface area contributed by atoms with Crippen molar-refractivity contribution in [3.05, 3.63) is 28.2 Å². The van der Waals surface area contributed by atoms with Gasteiger partial charge >= 0.3 is 5.97 Å². The summed E-state index contributed by atoms with van der Waals surface area (Å²) in [4.78, 5) is 11.5. The summed E-state index contributed by atoms with van der Waals surface area (Å²) in [6.45, 7) is 0. The summed E-state index contributed by atoms with van der Waals surface area (Å²) in [6.07, 6.45) is 0. The molecule has 0 N–H and O–H groups in total. The minimum absolute atomic E-state index is 0.322. The molecule has 0 heterocycles. The number of hydrogen-bond acceptors (Lipinski definition) is 2. The van der Waals surface area contributed by atoms with E-state index >= 15 is 0 Å². The molecule has 0 saturated carbocycles. The van der Waals surface area contributed by atoms with E-state index in [1.165, 1.54) is 7.11 Å². The minimum Gasteiger partial charge on any atom is -0.465 e. The van der Waals surface area contributed by atoms with E-state index in [1.54, 1.807) is 0 Å². The SMILES string of the molecule is COC(=O)c1cc([N+](C)(C)C)ccc1Br. The lowest BCUT2D eigenvalue weighted by atomic mass is 10.2. The van der Waals surface area contributed by atoms with E-state index < -0.39 is 0 Å². The summed E-state index contributed by atoms with van der Waals surface area (Å²) >= 11 is 3.33. The maximum absolute atomic E-state index is 11.5. The first-order chi connectivity index (χ1) is 6.86. The van der Waals surface area contributed by atoms with Crippen LogP contribution in [-0.2, 0) is 4.74 Å². The van der Waals surface area contributed by atoms with Gasteiger partial charge in [-0.3, -0.25) is 4.48 Å². The second-order valence-electron chi connectivity index (χ2n) is 4.17. The zero-order valence-corrected chi connectivity index (χ0v) is 11.0. The number of ether oxygens (including phenoxy) is 1. The van der Waals surface area contributed by atoms with Gasteiger partial charge in [0.05, 0.1) is 33.8 Å². The van der Waals surface area contributed by atoms with Crippen molar-refractivity contribution in [1.29, 1.82) is 0 Å². The third kappa shape index (κ3) is 2.79. The number of carbonyl (C=O) groups is 1. The lowest BCUT2D eigenvalue weighted by molar-refractivity contribution is 0.0599. The number of benzene rings is 1. The van der Waals surface area contributed by atoms with Gasteiger partial charge < -0.3 is 4.74 Å². The molecule has 0 unspecified atom stereocenters. The van der Waals surface area contributed by atoms with Gasteiger partial charge in [-0.15, -0.1) is 0 Å². The summed E-state index contributed by atoms with van der Waals surface area (Å²) in [5.41, 5.74) is 1.61. The Morgan fingerprint density at radius 2 is 1.93 bits per heavy atom. The first-order valence-electron chi connectivity index (χ1n) is 4.56. The van der Waals surface area contributed by atoms with Gasteiger partial charge in [0.15, 0.2) is 0 Å². The molecule has 0 spiro atoms. The molecule has 0 aliphatic rings. The average molecular weight is 273 g/mol. The molecule has 0 fully saturated rings. The molecule has 1 rings (SSSR count). The summed E-state index contributed by atoms with van der Waals surface area (Å²) in [7, 11) is 7.52. The largest absolute Gasteiger partial charge is 0.465 e. The van der Waals surface area contributed by atoms with E-state index in [0.717, 1.165) is 10.2 Å². The summed E-state index contributed by atoms with van der Waals surface area (Å²) in [6, 6.07) is 5.69. The van der Waals surface area contributed by atoms with E-state index in [0.29, 0.717) is 10.0 Å². The highest BCUT2D eigenvalue weighted by Gasteiger charge is 2.17. The van der Waals surface area contributed by atoms with E-state index in [1.807, 2.05) is 39.3 Å². The van der Waals surface area contributed by atoms with Gasteiger partial charge in [0.1, 0.15) is 5.69 Å². The summed E-state index contributed by atoms with van der Waals surface area (Å²) in [5.74, 6) is -0.322. The molecule has 4 heteroatoms. The van der Waals surface area contributed by atoms with Crippen molar-refractivity contribution in [2.24, 2.45) is 0 Å². The zero-order chi connectivity index (χ0) is 11.6. The molecule has 0 bridgehead atoms. The Bertz CT molecular complexity index is 383. The molecule has 0 aliphatic heterocycles. The molecule has 82 valence electrons. The zero-order valence-electron chi connectivity index (χ0n) is 9.37. The maximum Gasteiger partial charge on any atom is 0.339 e. The third-order valence-corrected chi connectivity index (χ3v) is 2.82. The first-order valence-corrected chi connectivity index (χ1v) is 5.35. The van der Waals surface area contributed by atoms with Crippen LogP contribution in [0, 0.1) is 0 Å². The lowest BCUT2D eigenvalue weighted by Crippen LogP contribution is -2.34. The van der Waals surface area contributed by atoms with Crippen molar-refractivity contribution in [3.63, 3.8) is 0 Å². The monoisotopic (exact) mass is 272 g/mol. The number of quaternary nitrogens is 1. The molecule has 0 aliphatic carbocycles. The van der Waals surface area contributed by atoms with Crippen molar-refractivity contribution in [2.75, 3.05) is 28.3 Å². The van der Waals surface area contributed by atoms with Gasteiger partial charge in [0.2, 0.25) is 0 Å². The fraction of sp³-hybridized carbons (Fsp3) is 0.364. The van der Waals surface area contributed by atoms with Crippen LogP contribution in [-0.4, -0.2) is 34.2 Å². The molecule has 1 aromatic rings. The van der Waals surface area contributed by atoms with Crippen LogP contribution < -0.4 is 4.48 Å². The highest BCUT2D eigenvalue weighted by atomic mass is 79.9. The molecule has 3 nitrogen and oxygen atoms in total. The van der Waals surface area contributed by atoms with Crippen LogP contribution in [0.15, 0.2) is 22.7 Å². The molecule has 1 aromatic carbocycles. The standard InChI is InChI=1S/C11H15BrNO2/c1-13(2,3)8-5-6-10(12)9(7-8)11(14)15-4/h5-7H,1-4H3/q+1. The normalized spacial score (nSPS) is 11.3. The van der Waals surface area contributed by atoms with Crippen molar-refractivity contribution < 1.29 is 9.53 Å². The number of carbonyl (C=O) groups excluding carboxylic acids is 1. The van der Waals surface area contributed by atoms with E-state index in [-0.39, 0.29) is 5.97 Å². The van der Waals surface area contributed by atoms with Gasteiger partial charge in [0, 0.05) is 16.6 Å². The molecular weight excluding hydrogens is 258 g/mol. The highest BCUT2D eigenvalue weighted by molar-refractivity contribution is 9.10. The van der Waals surface area contributed by atoms with Gasteiger partial charge in [-0.2, -0.15) is 0 Å². The van der Waals surface area contributed by atoms with Crippen LogP contribution >= 0.6 is 15.9 Å². The van der Waals surface area contributed by atoms with E-state index in [2.05, 4.69) is 15.9 Å². The molecule has 15 heavy (non-hydrogen) atoms. The number of halogens is 1. The van der Waals surface area contributed by atoms with Crippen LogP contribution in [0.4, 0.5) is 5.69 Å². The predicted octanol–water partition coefficient (Wildman–Crippen LogP) is 2.43. The van der Waals surface area contributed by atoms with Crippen LogP contribution in [0.1, 0.15) is 10.4 Å². The molecule has 0 amide bonds. The van der Waals surface area contributed by atoms with Crippen LogP contribution in [0.25, 0.3) is 0 Å². The Morgan fingerprint density at radius 1 is 1.33 bits per heavy atom. The first kappa shape index (κ1) is 12.2. The van der Waals surface area contributed by atoms with E-state index in [4.69, 9.17) is 4.74 Å². The maximum atomic E-state index is 11.5. The third-order valence-electron chi connectivity index (χ3n) is 2.13. The van der Waals surface area contributed by atoms with Gasteiger partial charge in [-0.25, -0.2) is 4.79 Å². The minimum atomic E-state index is -0.322. The number of nitrogens with zero attached hydrogens (tertiary/aromatic N) is 1. The Kier molecular flexibility index (Phi) is 3.52. The second-order valence-corrected chi connectivity index (χ2v) is 5.02. The Labute approximate surface area is 98.4 Å². The quantitative estimate of drug-likeness (QED) is 0.611. The highest BCUT2D eigenvalue weighted by Crippen LogP contribution is 2.25. The fourth-order valence-corrected chi connectivity index (χ4v) is 1.61. The number of esters is 1. The topological polar surface area (TPSA) is 26.3 Å². The van der Waals surface area contributed by atoms with Gasteiger partial charge in [-0.05, 0) is 22.0 Å². The van der Waals surface area contributed by atoms with Crippen molar-refractivity contribution >= 4 is 27.6 Å². The number of hydrogen-bond donors (Lipinski definition) is 0. The van der Waals surface area contributed by atoms with Crippen LogP contribution in [0.3, 0.4) is 0 Å². The van der Waals surface area contributed by atoms with Crippen LogP contribution in [0.2, 0.25) is 0 Å². The Balaban J connectivity index is 3.23. The van der Waals surface area contributed by atoms with Gasteiger partial charge in [-0.1, -0.05) is 0 Å². The summed E-state index contributed by atoms with van der Waals surface area (Å²) in [5, 5.41) is 0. The molecule has 0 atom stereocenters. The van der Waals surface area contributed by atoms with Crippen molar-refractivity contribution in [2.45, 2.75) is 0 Å². The Hall–Kier alpha value is -0.870. The fourth-order valence-electron chi connectivity index (χ4n) is 1.20. The number of rotatable bonds is 2. The van der Waals surface area contributed by atoms with Crippen LogP contribution in [0.5, 0.6) is 0 Å². The molecule has 0 aromatic heterocycles. The Morgan fingerprint density at radius 3 is 2.40 bits per heavy atom.